The zero-order valence-electron chi connectivity index (χ0n) is 12.8. The van der Waals surface area contributed by atoms with Gasteiger partial charge in [-0.1, -0.05) is 12.1 Å². The maximum absolute atomic E-state index is 5.65. The Labute approximate surface area is 130 Å². The number of hydrogen-bond acceptors (Lipinski definition) is 4. The second kappa shape index (κ2) is 8.17. The second-order valence-corrected chi connectivity index (χ2v) is 5.47. The number of rotatable bonds is 8. The van der Waals surface area contributed by atoms with Crippen LogP contribution in [0.25, 0.3) is 10.4 Å². The topological polar surface area (TPSA) is 27.7 Å². The van der Waals surface area contributed by atoms with Crippen molar-refractivity contribution >= 4 is 11.3 Å². The molecule has 0 bridgehead atoms. The summed E-state index contributed by atoms with van der Waals surface area (Å²) in [7, 11) is 1.69. The van der Waals surface area contributed by atoms with Gasteiger partial charge in [-0.05, 0) is 48.6 Å². The summed E-state index contributed by atoms with van der Waals surface area (Å²) < 4.78 is 16.6. The molecular formula is C17H22O3S. The van der Waals surface area contributed by atoms with Crippen molar-refractivity contribution in [2.45, 2.75) is 26.6 Å². The van der Waals surface area contributed by atoms with E-state index in [9.17, 15) is 0 Å². The van der Waals surface area contributed by atoms with Gasteiger partial charge in [-0.25, -0.2) is 0 Å². The molecule has 3 nitrogen and oxygen atoms in total. The molecule has 1 aromatic heterocycles. The first kappa shape index (κ1) is 16.0. The molecule has 0 fully saturated rings. The van der Waals surface area contributed by atoms with Crippen molar-refractivity contribution in [3.05, 3.63) is 41.3 Å². The van der Waals surface area contributed by atoms with Crippen molar-refractivity contribution in [1.82, 2.24) is 0 Å². The molecule has 21 heavy (non-hydrogen) atoms. The molecule has 0 aliphatic heterocycles. The minimum Gasteiger partial charge on any atom is -0.497 e. The zero-order valence-corrected chi connectivity index (χ0v) is 13.6. The van der Waals surface area contributed by atoms with Crippen molar-refractivity contribution in [2.75, 3.05) is 20.3 Å². The fraction of sp³-hybridized carbons (Fsp3) is 0.412. The zero-order chi connectivity index (χ0) is 15.1. The molecule has 0 amide bonds. The average molecular weight is 306 g/mol. The van der Waals surface area contributed by atoms with E-state index in [0.29, 0.717) is 13.2 Å². The minimum absolute atomic E-state index is 0.182. The summed E-state index contributed by atoms with van der Waals surface area (Å²) in [5, 5.41) is 2.11. The van der Waals surface area contributed by atoms with Crippen LogP contribution in [-0.2, 0) is 15.9 Å². The molecule has 0 atom stereocenters. The van der Waals surface area contributed by atoms with E-state index in [2.05, 4.69) is 23.6 Å². The maximum Gasteiger partial charge on any atom is 0.161 e. The molecule has 1 heterocycles. The van der Waals surface area contributed by atoms with Gasteiger partial charge >= 0.3 is 0 Å². The summed E-state index contributed by atoms with van der Waals surface area (Å²) in [6.45, 7) is 5.29. The Hall–Kier alpha value is -1.36. The van der Waals surface area contributed by atoms with E-state index in [1.54, 1.807) is 18.4 Å². The predicted octanol–water partition coefficient (Wildman–Crippen LogP) is 4.37. The molecule has 0 saturated carbocycles. The Morgan fingerprint density at radius 3 is 2.52 bits per heavy atom. The second-order valence-electron chi connectivity index (χ2n) is 4.55. The Morgan fingerprint density at radius 1 is 1.10 bits per heavy atom. The largest absolute Gasteiger partial charge is 0.497 e. The third-order valence-electron chi connectivity index (χ3n) is 3.17. The van der Waals surface area contributed by atoms with Gasteiger partial charge in [0.15, 0.2) is 6.29 Å². The summed E-state index contributed by atoms with van der Waals surface area (Å²) >= 11 is 1.73. The van der Waals surface area contributed by atoms with Crippen molar-refractivity contribution in [2.24, 2.45) is 0 Å². The van der Waals surface area contributed by atoms with Gasteiger partial charge in [-0.15, -0.1) is 11.3 Å². The number of ether oxygens (including phenoxy) is 3. The first-order valence-corrected chi connectivity index (χ1v) is 8.10. The van der Waals surface area contributed by atoms with E-state index in [-0.39, 0.29) is 6.29 Å². The quantitative estimate of drug-likeness (QED) is 0.678. The van der Waals surface area contributed by atoms with Gasteiger partial charge in [0.2, 0.25) is 0 Å². The summed E-state index contributed by atoms with van der Waals surface area (Å²) in [5.74, 6) is 0.873. The lowest BCUT2D eigenvalue weighted by Crippen LogP contribution is -2.20. The molecule has 2 aromatic rings. The first-order valence-electron chi connectivity index (χ1n) is 7.22. The minimum atomic E-state index is -0.182. The molecule has 4 heteroatoms. The van der Waals surface area contributed by atoms with E-state index in [0.717, 1.165) is 12.2 Å². The molecule has 0 saturated heterocycles. The van der Waals surface area contributed by atoms with E-state index in [4.69, 9.17) is 14.2 Å². The molecule has 0 aliphatic carbocycles. The molecular weight excluding hydrogens is 284 g/mol. The van der Waals surface area contributed by atoms with Crippen LogP contribution in [0.5, 0.6) is 5.75 Å². The Kier molecular flexibility index (Phi) is 6.23. The molecule has 0 aliphatic rings. The fourth-order valence-corrected chi connectivity index (χ4v) is 3.17. The number of thiophene rings is 1. The lowest BCUT2D eigenvalue weighted by atomic mass is 10.1. The maximum atomic E-state index is 5.65. The van der Waals surface area contributed by atoms with Gasteiger partial charge < -0.3 is 14.2 Å². The number of methoxy groups -OCH3 is 1. The van der Waals surface area contributed by atoms with Crippen LogP contribution in [0, 0.1) is 0 Å². The fourth-order valence-electron chi connectivity index (χ4n) is 2.23. The van der Waals surface area contributed by atoms with Crippen molar-refractivity contribution in [3.8, 4) is 16.2 Å². The molecule has 1 aromatic carbocycles. The van der Waals surface area contributed by atoms with Crippen LogP contribution < -0.4 is 4.74 Å². The molecule has 114 valence electrons. The molecule has 2 rings (SSSR count). The van der Waals surface area contributed by atoms with Crippen LogP contribution >= 0.6 is 11.3 Å². The highest BCUT2D eigenvalue weighted by molar-refractivity contribution is 7.13. The summed E-state index contributed by atoms with van der Waals surface area (Å²) in [5.41, 5.74) is 2.42. The third-order valence-corrected chi connectivity index (χ3v) is 4.18. The third kappa shape index (κ3) is 4.30. The van der Waals surface area contributed by atoms with E-state index in [1.165, 1.54) is 16.0 Å². The normalized spacial score (nSPS) is 11.0. The standard InChI is InChI=1S/C17H22O3S/c1-4-19-16(20-5-2)12-14-9-10-21-17(14)13-7-6-8-15(11-13)18-3/h6-11,16H,4-5,12H2,1-3H3. The molecule has 0 N–H and O–H groups in total. The van der Waals surface area contributed by atoms with Crippen LogP contribution in [0.4, 0.5) is 0 Å². The SMILES string of the molecule is CCOC(Cc1ccsc1-c1cccc(OC)c1)OCC. The Bertz CT molecular complexity index is 544. The Morgan fingerprint density at radius 2 is 1.86 bits per heavy atom. The van der Waals surface area contributed by atoms with Crippen LogP contribution in [0.2, 0.25) is 0 Å². The van der Waals surface area contributed by atoms with Gasteiger partial charge in [-0.2, -0.15) is 0 Å². The molecule has 0 radical (unpaired) electrons. The smallest absolute Gasteiger partial charge is 0.161 e. The van der Waals surface area contributed by atoms with Crippen molar-refractivity contribution in [1.29, 1.82) is 0 Å². The van der Waals surface area contributed by atoms with Gasteiger partial charge in [0, 0.05) is 24.5 Å². The Balaban J connectivity index is 2.20. The van der Waals surface area contributed by atoms with Crippen LogP contribution in [-0.4, -0.2) is 26.6 Å². The number of hydrogen-bond donors (Lipinski definition) is 0. The van der Waals surface area contributed by atoms with Gasteiger partial charge in [0.25, 0.3) is 0 Å². The van der Waals surface area contributed by atoms with Crippen molar-refractivity contribution in [3.63, 3.8) is 0 Å². The lowest BCUT2D eigenvalue weighted by molar-refractivity contribution is -0.134. The van der Waals surface area contributed by atoms with E-state index >= 15 is 0 Å². The van der Waals surface area contributed by atoms with E-state index in [1.807, 2.05) is 26.0 Å². The van der Waals surface area contributed by atoms with Crippen LogP contribution in [0.3, 0.4) is 0 Å². The summed E-state index contributed by atoms with van der Waals surface area (Å²) in [4.78, 5) is 1.25. The molecule has 0 spiro atoms. The lowest BCUT2D eigenvalue weighted by Gasteiger charge is -2.17. The van der Waals surface area contributed by atoms with Gasteiger partial charge in [-0.3, -0.25) is 0 Å². The average Bonchev–Trinajstić information content (AvgIpc) is 2.96. The van der Waals surface area contributed by atoms with Crippen LogP contribution in [0.15, 0.2) is 35.7 Å². The van der Waals surface area contributed by atoms with E-state index < -0.39 is 0 Å². The summed E-state index contributed by atoms with van der Waals surface area (Å²) in [6, 6.07) is 10.3. The number of benzene rings is 1. The van der Waals surface area contributed by atoms with Gasteiger partial charge in [0.1, 0.15) is 5.75 Å². The highest BCUT2D eigenvalue weighted by atomic mass is 32.1. The molecule has 0 unspecified atom stereocenters. The monoisotopic (exact) mass is 306 g/mol. The highest BCUT2D eigenvalue weighted by Gasteiger charge is 2.14. The predicted molar refractivity (Wildman–Crippen MR) is 87.1 cm³/mol. The van der Waals surface area contributed by atoms with Gasteiger partial charge in [0.05, 0.1) is 7.11 Å². The van der Waals surface area contributed by atoms with Crippen LogP contribution in [0.1, 0.15) is 19.4 Å². The van der Waals surface area contributed by atoms with Crippen molar-refractivity contribution < 1.29 is 14.2 Å². The first-order chi connectivity index (χ1) is 10.3. The summed E-state index contributed by atoms with van der Waals surface area (Å²) in [6.07, 6.45) is 0.580. The highest BCUT2D eigenvalue weighted by Crippen LogP contribution is 2.32.